The number of fused-ring (bicyclic) bond motifs is 4. The summed E-state index contributed by atoms with van der Waals surface area (Å²) in [5, 5.41) is 1.63. The maximum atomic E-state index is 14.9. The van der Waals surface area contributed by atoms with Crippen LogP contribution in [0.1, 0.15) is 79.0 Å². The Kier molecular flexibility index (Phi) is 12.8. The molecular formula is C66H58FN4OPt-3. The summed E-state index contributed by atoms with van der Waals surface area (Å²) < 4.78 is 23.7. The summed E-state index contributed by atoms with van der Waals surface area (Å²) in [5.74, 6) is 1.46. The van der Waals surface area contributed by atoms with Crippen LogP contribution in [0.3, 0.4) is 0 Å². The van der Waals surface area contributed by atoms with Crippen LogP contribution in [0.15, 0.2) is 182 Å². The zero-order chi connectivity index (χ0) is 50.1. The van der Waals surface area contributed by atoms with Gasteiger partial charge in [-0.25, -0.2) is 9.37 Å². The van der Waals surface area contributed by atoms with E-state index in [0.717, 1.165) is 89.3 Å². The van der Waals surface area contributed by atoms with Crippen molar-refractivity contribution in [1.29, 1.82) is 0 Å². The van der Waals surface area contributed by atoms with Crippen LogP contribution in [0.25, 0.3) is 61.0 Å². The maximum absolute atomic E-state index is 14.9. The van der Waals surface area contributed by atoms with E-state index < -0.39 is 0 Å². The number of nitrogens with zero attached hydrogens (tertiary/aromatic N) is 4. The topological polar surface area (TPSA) is 33.5 Å². The molecule has 0 bridgehead atoms. The molecule has 73 heavy (non-hydrogen) atoms. The standard InChI is InChI=1S/C66H58FN4O.Pt/c1-64(2,3)45-33-34-68-61(38-45)71-58-32-29-48(67)39-57(58)55-31-30-52(41-60(55)71)72-51-24-16-23-49(40-51)69-42-70(50-36-46(65(4,5)6)35-47(37-50)66(7,8)9)63-56(27-18-28-59(63)69)62-53(43-19-12-10-13-20-43)25-17-26-54(62)44-21-14-11-15-22-44;/h10-39,42H,1-9H3;/q-3;. The second-order valence-electron chi connectivity index (χ2n) is 22.0. The fourth-order valence-electron chi connectivity index (χ4n) is 9.94. The van der Waals surface area contributed by atoms with Gasteiger partial charge in [-0.2, -0.15) is 12.1 Å². The molecule has 0 saturated heterocycles. The molecule has 0 spiro atoms. The van der Waals surface area contributed by atoms with Crippen molar-refractivity contribution >= 4 is 44.6 Å². The molecule has 11 rings (SSSR count). The molecule has 0 atom stereocenters. The monoisotopic (exact) mass is 1140 g/mol. The first kappa shape index (κ1) is 49.3. The van der Waals surface area contributed by atoms with Crippen molar-refractivity contribution in [2.45, 2.75) is 78.6 Å². The van der Waals surface area contributed by atoms with Crippen molar-refractivity contribution in [2.75, 3.05) is 9.80 Å². The van der Waals surface area contributed by atoms with E-state index in [1.807, 2.05) is 47.2 Å². The molecule has 0 saturated carbocycles. The molecule has 0 N–H and O–H groups in total. The number of aromatic nitrogens is 2. The van der Waals surface area contributed by atoms with Crippen LogP contribution < -0.4 is 14.5 Å². The van der Waals surface area contributed by atoms with E-state index in [4.69, 9.17) is 9.72 Å². The summed E-state index contributed by atoms with van der Waals surface area (Å²) in [7, 11) is 0. The number of rotatable bonds is 8. The first-order valence-electron chi connectivity index (χ1n) is 24.8. The predicted molar refractivity (Wildman–Crippen MR) is 297 cm³/mol. The van der Waals surface area contributed by atoms with Gasteiger partial charge in [0.05, 0.1) is 0 Å². The third-order valence-corrected chi connectivity index (χ3v) is 13.9. The number of benzene rings is 8. The first-order chi connectivity index (χ1) is 34.5. The van der Waals surface area contributed by atoms with Gasteiger partial charge in [-0.05, 0) is 115 Å². The Labute approximate surface area is 444 Å². The van der Waals surface area contributed by atoms with E-state index in [9.17, 15) is 4.39 Å². The molecule has 1 aliphatic rings. The molecule has 0 fully saturated rings. The van der Waals surface area contributed by atoms with Gasteiger partial charge in [0, 0.05) is 66.9 Å². The number of ether oxygens (including phenoxy) is 1. The predicted octanol–water partition coefficient (Wildman–Crippen LogP) is 18.0. The van der Waals surface area contributed by atoms with Gasteiger partial charge >= 0.3 is 0 Å². The van der Waals surface area contributed by atoms with Crippen LogP contribution >= 0.6 is 0 Å². The van der Waals surface area contributed by atoms with Gasteiger partial charge in [0.1, 0.15) is 11.6 Å². The second-order valence-corrected chi connectivity index (χ2v) is 22.0. The van der Waals surface area contributed by atoms with Crippen molar-refractivity contribution < 1.29 is 30.2 Å². The molecule has 8 aromatic carbocycles. The zero-order valence-corrected chi connectivity index (χ0v) is 45.1. The minimum atomic E-state index is -0.302. The minimum Gasteiger partial charge on any atom is -0.509 e. The van der Waals surface area contributed by atoms with Crippen LogP contribution in [0.5, 0.6) is 11.5 Å². The van der Waals surface area contributed by atoms with Crippen molar-refractivity contribution in [3.63, 3.8) is 0 Å². The van der Waals surface area contributed by atoms with Gasteiger partial charge in [0.2, 0.25) is 0 Å². The van der Waals surface area contributed by atoms with E-state index in [-0.39, 0.29) is 43.1 Å². The van der Waals surface area contributed by atoms with E-state index in [1.165, 1.54) is 17.2 Å². The average Bonchev–Trinajstić information content (AvgIpc) is 3.92. The Balaban J connectivity index is 0.00000611. The third kappa shape index (κ3) is 9.39. The van der Waals surface area contributed by atoms with Crippen molar-refractivity contribution in [3.05, 3.63) is 223 Å². The molecule has 368 valence electrons. The number of anilines is 4. The van der Waals surface area contributed by atoms with Gasteiger partial charge in [0.25, 0.3) is 0 Å². The summed E-state index contributed by atoms with van der Waals surface area (Å²) in [4.78, 5) is 9.43. The molecule has 0 amide bonds. The summed E-state index contributed by atoms with van der Waals surface area (Å²) in [5.41, 5.74) is 15.8. The average molecular weight is 1140 g/mol. The quantitative estimate of drug-likeness (QED) is 0.142. The Morgan fingerprint density at radius 2 is 1.12 bits per heavy atom. The van der Waals surface area contributed by atoms with E-state index >= 15 is 0 Å². The van der Waals surface area contributed by atoms with E-state index in [0.29, 0.717) is 11.5 Å². The number of hydrogen-bond acceptors (Lipinski definition) is 4. The van der Waals surface area contributed by atoms with Crippen LogP contribution in [-0.2, 0) is 37.3 Å². The Morgan fingerprint density at radius 3 is 1.77 bits per heavy atom. The number of pyridine rings is 1. The fraction of sp³-hybridized carbons (Fsp3) is 0.182. The largest absolute Gasteiger partial charge is 0.509 e. The van der Waals surface area contributed by atoms with Crippen LogP contribution in [0.2, 0.25) is 0 Å². The summed E-state index contributed by atoms with van der Waals surface area (Å²) in [6.45, 7) is 22.5. The van der Waals surface area contributed by atoms with Gasteiger partial charge < -0.3 is 19.1 Å². The fourth-order valence-corrected chi connectivity index (χ4v) is 9.94. The number of para-hydroxylation sites is 1. The molecule has 10 aromatic rings. The molecule has 1 aliphatic heterocycles. The Hall–Kier alpha value is -7.27. The molecule has 0 radical (unpaired) electrons. The summed E-state index contributed by atoms with van der Waals surface area (Å²) in [6, 6.07) is 68.0. The third-order valence-electron chi connectivity index (χ3n) is 13.9. The number of hydrogen-bond donors (Lipinski definition) is 0. The molecule has 0 aliphatic carbocycles. The normalized spacial score (nSPS) is 12.8. The maximum Gasteiger partial charge on any atom is 0.135 e. The molecule has 5 nitrogen and oxygen atoms in total. The first-order valence-corrected chi connectivity index (χ1v) is 24.8. The van der Waals surface area contributed by atoms with Crippen LogP contribution in [0, 0.1) is 24.6 Å². The number of halogens is 1. The molecule has 0 unspecified atom stereocenters. The van der Waals surface area contributed by atoms with Crippen molar-refractivity contribution in [2.24, 2.45) is 0 Å². The van der Waals surface area contributed by atoms with Gasteiger partial charge in [-0.1, -0.05) is 165 Å². The van der Waals surface area contributed by atoms with Crippen LogP contribution in [0.4, 0.5) is 27.1 Å². The van der Waals surface area contributed by atoms with Crippen molar-refractivity contribution in [3.8, 4) is 50.7 Å². The Morgan fingerprint density at radius 1 is 0.521 bits per heavy atom. The SMILES string of the molecule is CC(C)(C)c1cc(N2[CH-]N(c3[c-]c(Oc4[c-]c5c(cc4)c4cc(F)ccc4n5-c4cc(C(C)(C)C)ccn4)ccc3)c3cccc(-c4c(-c5ccccc5)cccc4-c4ccccc4)c32)cc(C(C)(C)C)c1.[Pt]. The summed E-state index contributed by atoms with van der Waals surface area (Å²) >= 11 is 0. The minimum absolute atomic E-state index is 0. The summed E-state index contributed by atoms with van der Waals surface area (Å²) in [6.07, 6.45) is 1.84. The zero-order valence-electron chi connectivity index (χ0n) is 42.8. The van der Waals surface area contributed by atoms with Crippen LogP contribution in [-0.4, -0.2) is 9.55 Å². The Bertz CT molecular complexity index is 3580. The molecule has 7 heteroatoms. The molecule has 3 heterocycles. The smallest absolute Gasteiger partial charge is 0.135 e. The second kappa shape index (κ2) is 19.0. The van der Waals surface area contributed by atoms with Crippen molar-refractivity contribution in [1.82, 2.24) is 9.55 Å². The molecule has 2 aromatic heterocycles. The van der Waals surface area contributed by atoms with Gasteiger partial charge in [-0.3, -0.25) is 0 Å². The van der Waals surface area contributed by atoms with E-state index in [1.54, 1.807) is 6.07 Å². The van der Waals surface area contributed by atoms with Gasteiger partial charge in [-0.15, -0.1) is 48.1 Å². The van der Waals surface area contributed by atoms with Gasteiger partial charge in [0.15, 0.2) is 0 Å². The van der Waals surface area contributed by atoms with E-state index in [2.05, 4.69) is 218 Å². The molecular weight excluding hydrogens is 1080 g/mol.